The van der Waals surface area contributed by atoms with Gasteiger partial charge in [0.2, 0.25) is 0 Å². The average Bonchev–Trinajstić information content (AvgIpc) is 2.43. The largest absolute Gasteiger partial charge is 0.388 e. The summed E-state index contributed by atoms with van der Waals surface area (Å²) in [6, 6.07) is 13.5. The first kappa shape index (κ1) is 13.7. The van der Waals surface area contributed by atoms with Crippen LogP contribution in [0.5, 0.6) is 0 Å². The Morgan fingerprint density at radius 1 is 0.947 bits per heavy atom. The van der Waals surface area contributed by atoms with Crippen LogP contribution in [0.3, 0.4) is 0 Å². The lowest BCUT2D eigenvalue weighted by Gasteiger charge is -2.11. The summed E-state index contributed by atoms with van der Waals surface area (Å²) in [5, 5.41) is 9.92. The monoisotopic (exact) mass is 262 g/mol. The van der Waals surface area contributed by atoms with Crippen LogP contribution in [0.1, 0.15) is 30.1 Å². The molecule has 0 saturated heterocycles. The zero-order valence-electron chi connectivity index (χ0n) is 10.5. The molecule has 0 saturated carbocycles. The third-order valence-electron chi connectivity index (χ3n) is 3.11. The van der Waals surface area contributed by atoms with Gasteiger partial charge in [0.1, 0.15) is 0 Å². The first-order chi connectivity index (χ1) is 9.16. The van der Waals surface area contributed by atoms with E-state index in [0.29, 0.717) is 12.0 Å². The Kier molecular flexibility index (Phi) is 4.63. The first-order valence-electron chi connectivity index (χ1n) is 6.34. The number of hydrogen-bond acceptors (Lipinski definition) is 1. The molecular weight excluding hydrogens is 246 g/mol. The molecule has 0 heterocycles. The molecule has 2 rings (SSSR count). The van der Waals surface area contributed by atoms with Crippen LogP contribution in [0.4, 0.5) is 8.78 Å². The molecule has 0 spiro atoms. The lowest BCUT2D eigenvalue weighted by atomic mass is 10.0. The second kappa shape index (κ2) is 6.43. The standard InChI is InChI=1S/C16H16F2O/c17-14-10-9-13(11-15(14)18)16(19)8-4-7-12-5-2-1-3-6-12/h1-3,5-6,9-11,16,19H,4,7-8H2. The molecule has 2 aromatic rings. The Hall–Kier alpha value is -1.74. The molecular formula is C16H16F2O. The third-order valence-corrected chi connectivity index (χ3v) is 3.11. The van der Waals surface area contributed by atoms with Crippen LogP contribution in [0.25, 0.3) is 0 Å². The van der Waals surface area contributed by atoms with Crippen molar-refractivity contribution in [3.05, 3.63) is 71.3 Å². The summed E-state index contributed by atoms with van der Waals surface area (Å²) in [4.78, 5) is 0. The fourth-order valence-electron chi connectivity index (χ4n) is 2.03. The summed E-state index contributed by atoms with van der Waals surface area (Å²) in [6.45, 7) is 0. The predicted octanol–water partition coefficient (Wildman–Crippen LogP) is 4.02. The molecule has 0 aliphatic heterocycles. The van der Waals surface area contributed by atoms with Crippen LogP contribution >= 0.6 is 0 Å². The van der Waals surface area contributed by atoms with E-state index in [9.17, 15) is 13.9 Å². The highest BCUT2D eigenvalue weighted by molar-refractivity contribution is 5.20. The van der Waals surface area contributed by atoms with Crippen LogP contribution in [0.15, 0.2) is 48.5 Å². The van der Waals surface area contributed by atoms with E-state index in [1.54, 1.807) is 0 Å². The maximum atomic E-state index is 13.0. The van der Waals surface area contributed by atoms with Gasteiger partial charge in [0.15, 0.2) is 11.6 Å². The van der Waals surface area contributed by atoms with E-state index in [-0.39, 0.29) is 0 Å². The smallest absolute Gasteiger partial charge is 0.159 e. The van der Waals surface area contributed by atoms with Crippen molar-refractivity contribution in [3.63, 3.8) is 0 Å². The Balaban J connectivity index is 1.87. The number of rotatable bonds is 5. The molecule has 0 amide bonds. The quantitative estimate of drug-likeness (QED) is 0.862. The number of aliphatic hydroxyl groups is 1. The summed E-state index contributed by atoms with van der Waals surface area (Å²) >= 11 is 0. The van der Waals surface area contributed by atoms with E-state index in [0.717, 1.165) is 25.0 Å². The van der Waals surface area contributed by atoms with Gasteiger partial charge >= 0.3 is 0 Å². The van der Waals surface area contributed by atoms with Crippen molar-refractivity contribution in [1.29, 1.82) is 0 Å². The number of benzene rings is 2. The molecule has 1 N–H and O–H groups in total. The van der Waals surface area contributed by atoms with Crippen molar-refractivity contribution in [2.45, 2.75) is 25.4 Å². The van der Waals surface area contributed by atoms with Crippen LogP contribution in [-0.4, -0.2) is 5.11 Å². The number of hydrogen-bond donors (Lipinski definition) is 1. The van der Waals surface area contributed by atoms with Gasteiger partial charge in [-0.2, -0.15) is 0 Å². The fourth-order valence-corrected chi connectivity index (χ4v) is 2.03. The van der Waals surface area contributed by atoms with E-state index in [1.165, 1.54) is 11.6 Å². The van der Waals surface area contributed by atoms with Crippen molar-refractivity contribution in [2.75, 3.05) is 0 Å². The van der Waals surface area contributed by atoms with Crippen molar-refractivity contribution < 1.29 is 13.9 Å². The highest BCUT2D eigenvalue weighted by Crippen LogP contribution is 2.21. The topological polar surface area (TPSA) is 20.2 Å². The third kappa shape index (κ3) is 3.86. The second-order valence-corrected chi connectivity index (χ2v) is 4.57. The van der Waals surface area contributed by atoms with E-state index in [4.69, 9.17) is 0 Å². The Morgan fingerprint density at radius 3 is 2.37 bits per heavy atom. The predicted molar refractivity (Wildman–Crippen MR) is 70.7 cm³/mol. The molecule has 1 unspecified atom stereocenters. The summed E-state index contributed by atoms with van der Waals surface area (Å²) < 4.78 is 25.8. The minimum atomic E-state index is -0.917. The molecule has 0 aliphatic rings. The zero-order valence-corrected chi connectivity index (χ0v) is 10.5. The van der Waals surface area contributed by atoms with Crippen LogP contribution < -0.4 is 0 Å². The maximum absolute atomic E-state index is 13.0. The van der Waals surface area contributed by atoms with Crippen molar-refractivity contribution in [1.82, 2.24) is 0 Å². The van der Waals surface area contributed by atoms with Gasteiger partial charge in [0, 0.05) is 0 Å². The Labute approximate surface area is 111 Å². The van der Waals surface area contributed by atoms with E-state index >= 15 is 0 Å². The minimum absolute atomic E-state index is 0.423. The summed E-state index contributed by atoms with van der Waals surface area (Å²) in [7, 11) is 0. The van der Waals surface area contributed by atoms with Gasteiger partial charge in [-0.15, -0.1) is 0 Å². The van der Waals surface area contributed by atoms with Gasteiger partial charge < -0.3 is 5.11 Å². The molecule has 1 nitrogen and oxygen atoms in total. The van der Waals surface area contributed by atoms with Crippen LogP contribution in [0, 0.1) is 11.6 Å². The molecule has 0 aromatic heterocycles. The van der Waals surface area contributed by atoms with Gasteiger partial charge in [-0.1, -0.05) is 36.4 Å². The summed E-state index contributed by atoms with van der Waals surface area (Å²) in [6.07, 6.45) is 1.44. The van der Waals surface area contributed by atoms with Gasteiger partial charge in [0.05, 0.1) is 6.10 Å². The van der Waals surface area contributed by atoms with Gasteiger partial charge in [0.25, 0.3) is 0 Å². The normalized spacial score (nSPS) is 12.4. The first-order valence-corrected chi connectivity index (χ1v) is 6.34. The molecule has 0 fully saturated rings. The molecule has 0 aliphatic carbocycles. The molecule has 100 valence electrons. The van der Waals surface area contributed by atoms with Crippen LogP contribution in [-0.2, 0) is 6.42 Å². The molecule has 2 aromatic carbocycles. The van der Waals surface area contributed by atoms with Crippen molar-refractivity contribution >= 4 is 0 Å². The van der Waals surface area contributed by atoms with Crippen LogP contribution in [0.2, 0.25) is 0 Å². The van der Waals surface area contributed by atoms with Crippen molar-refractivity contribution in [3.8, 4) is 0 Å². The number of aliphatic hydroxyl groups excluding tert-OH is 1. The Bertz CT molecular complexity index is 526. The fraction of sp³-hybridized carbons (Fsp3) is 0.250. The Morgan fingerprint density at radius 2 is 1.68 bits per heavy atom. The van der Waals surface area contributed by atoms with Crippen molar-refractivity contribution in [2.24, 2.45) is 0 Å². The van der Waals surface area contributed by atoms with E-state index in [2.05, 4.69) is 0 Å². The summed E-state index contributed by atoms with van der Waals surface area (Å²) in [5.41, 5.74) is 1.63. The lowest BCUT2D eigenvalue weighted by Crippen LogP contribution is -2.00. The number of halogens is 2. The maximum Gasteiger partial charge on any atom is 0.159 e. The second-order valence-electron chi connectivity index (χ2n) is 4.57. The minimum Gasteiger partial charge on any atom is -0.388 e. The van der Waals surface area contributed by atoms with Gasteiger partial charge in [-0.25, -0.2) is 8.78 Å². The average molecular weight is 262 g/mol. The van der Waals surface area contributed by atoms with Gasteiger partial charge in [-0.3, -0.25) is 0 Å². The molecule has 0 bridgehead atoms. The molecule has 19 heavy (non-hydrogen) atoms. The lowest BCUT2D eigenvalue weighted by molar-refractivity contribution is 0.164. The van der Waals surface area contributed by atoms with Gasteiger partial charge in [-0.05, 0) is 42.5 Å². The highest BCUT2D eigenvalue weighted by atomic mass is 19.2. The number of aryl methyl sites for hydroxylation is 1. The highest BCUT2D eigenvalue weighted by Gasteiger charge is 2.10. The van der Waals surface area contributed by atoms with E-state index in [1.807, 2.05) is 30.3 Å². The van der Waals surface area contributed by atoms with E-state index < -0.39 is 17.7 Å². The SMILES string of the molecule is OC(CCCc1ccccc1)c1ccc(F)c(F)c1. The molecule has 3 heteroatoms. The summed E-state index contributed by atoms with van der Waals surface area (Å²) in [5.74, 6) is -1.81. The molecule has 1 atom stereocenters. The molecule has 0 radical (unpaired) electrons. The zero-order chi connectivity index (χ0) is 13.7.